The van der Waals surface area contributed by atoms with E-state index >= 15 is 4.39 Å². The Morgan fingerprint density at radius 2 is 1.95 bits per heavy atom. The van der Waals surface area contributed by atoms with Crippen molar-refractivity contribution in [3.63, 3.8) is 0 Å². The van der Waals surface area contributed by atoms with Crippen LogP contribution < -0.4 is 10.2 Å². The molecule has 210 valence electrons. The summed E-state index contributed by atoms with van der Waals surface area (Å²) in [5.41, 5.74) is 0.0342. The molecule has 2 bridgehead atoms. The van der Waals surface area contributed by atoms with Crippen molar-refractivity contribution in [3.05, 3.63) is 53.5 Å². The smallest absolute Gasteiger partial charge is 0.207 e. The average Bonchev–Trinajstić information content (AvgIpc) is 3.78. The number of hydrogen-bond donors (Lipinski definition) is 2. The molecule has 0 unspecified atom stereocenters. The number of pyridine rings is 1. The van der Waals surface area contributed by atoms with Gasteiger partial charge in [-0.05, 0) is 74.7 Å². The number of halogens is 2. The fourth-order valence-electron chi connectivity index (χ4n) is 7.56. The summed E-state index contributed by atoms with van der Waals surface area (Å²) in [6, 6.07) is 6.17. The van der Waals surface area contributed by atoms with Gasteiger partial charge in [0.05, 0.1) is 16.5 Å². The van der Waals surface area contributed by atoms with Crippen molar-refractivity contribution in [1.82, 2.24) is 25.2 Å². The predicted molar refractivity (Wildman–Crippen MR) is 157 cm³/mol. The molecule has 0 spiro atoms. The first-order chi connectivity index (χ1) is 20.4. The monoisotopic (exact) mass is 562 g/mol. The minimum absolute atomic E-state index is 0.0174. The summed E-state index contributed by atoms with van der Waals surface area (Å²) in [5, 5.41) is 15.3. The number of phenols is 1. The van der Waals surface area contributed by atoms with Gasteiger partial charge in [0.1, 0.15) is 28.6 Å². The molecule has 0 amide bonds. The maximum Gasteiger partial charge on any atom is 0.207 e. The fraction of sp³-hybridized carbons (Fsp3) is 0.364. The predicted octanol–water partition coefficient (Wildman–Crippen LogP) is 4.34. The number of nitrogens with zero attached hydrogens (tertiary/aromatic N) is 5. The lowest BCUT2D eigenvalue weighted by molar-refractivity contribution is 0.261. The highest BCUT2D eigenvalue weighted by Gasteiger charge is 2.43. The molecule has 4 fully saturated rings. The van der Waals surface area contributed by atoms with E-state index in [1.165, 1.54) is 24.3 Å². The molecular formula is C33H28F2N6O. The summed E-state index contributed by atoms with van der Waals surface area (Å²) in [6.07, 6.45) is 12.5. The van der Waals surface area contributed by atoms with Gasteiger partial charge < -0.3 is 15.3 Å². The summed E-state index contributed by atoms with van der Waals surface area (Å²) < 4.78 is 31.4. The van der Waals surface area contributed by atoms with E-state index in [2.05, 4.69) is 42.8 Å². The van der Waals surface area contributed by atoms with E-state index in [9.17, 15) is 9.50 Å². The van der Waals surface area contributed by atoms with Crippen molar-refractivity contribution in [3.8, 4) is 41.2 Å². The molecule has 8 rings (SSSR count). The Labute approximate surface area is 242 Å². The zero-order chi connectivity index (χ0) is 28.6. The second kappa shape index (κ2) is 9.35. The second-order valence-corrected chi connectivity index (χ2v) is 11.8. The first kappa shape index (κ1) is 25.4. The normalized spacial score (nSPS) is 22.5. The van der Waals surface area contributed by atoms with Crippen molar-refractivity contribution >= 4 is 27.5 Å². The molecule has 2 aromatic heterocycles. The number of piperazine rings is 1. The van der Waals surface area contributed by atoms with Crippen molar-refractivity contribution in [2.24, 2.45) is 0 Å². The number of nitrogens with one attached hydrogen (secondary N) is 1. The maximum absolute atomic E-state index is 16.7. The van der Waals surface area contributed by atoms with Crippen LogP contribution in [0.5, 0.6) is 5.75 Å². The van der Waals surface area contributed by atoms with E-state index in [-0.39, 0.29) is 45.5 Å². The van der Waals surface area contributed by atoms with Crippen LogP contribution in [0.3, 0.4) is 0 Å². The van der Waals surface area contributed by atoms with E-state index in [1.54, 1.807) is 6.20 Å². The van der Waals surface area contributed by atoms with Crippen LogP contribution in [0, 0.1) is 35.8 Å². The van der Waals surface area contributed by atoms with Crippen LogP contribution in [0.4, 0.5) is 14.6 Å². The minimum atomic E-state index is -0.692. The van der Waals surface area contributed by atoms with Crippen LogP contribution in [0.2, 0.25) is 0 Å². The molecule has 2 atom stereocenters. The highest BCUT2D eigenvalue weighted by Crippen LogP contribution is 2.40. The Morgan fingerprint density at radius 1 is 1.12 bits per heavy atom. The number of aromatic hydroxyl groups is 1. The van der Waals surface area contributed by atoms with Gasteiger partial charge in [-0.2, -0.15) is 0 Å². The maximum atomic E-state index is 16.7. The molecular weight excluding hydrogens is 534 g/mol. The molecule has 0 aliphatic carbocycles. The van der Waals surface area contributed by atoms with E-state index < -0.39 is 11.6 Å². The number of hydrogen-bond acceptors (Lipinski definition) is 7. The van der Waals surface area contributed by atoms with E-state index in [0.29, 0.717) is 28.0 Å². The summed E-state index contributed by atoms with van der Waals surface area (Å²) in [7, 11) is 0. The Morgan fingerprint density at radius 3 is 2.69 bits per heavy atom. The molecule has 4 aliphatic rings. The molecule has 6 heterocycles. The van der Waals surface area contributed by atoms with Gasteiger partial charge in [0, 0.05) is 42.3 Å². The van der Waals surface area contributed by atoms with Crippen molar-refractivity contribution < 1.29 is 13.9 Å². The minimum Gasteiger partial charge on any atom is -0.508 e. The van der Waals surface area contributed by atoms with Crippen LogP contribution in [-0.4, -0.2) is 68.8 Å². The second-order valence-electron chi connectivity index (χ2n) is 11.8. The number of anilines is 1. The summed E-state index contributed by atoms with van der Waals surface area (Å²) in [6.45, 7) is 3.68. The number of rotatable bonds is 2. The Bertz CT molecular complexity index is 1900. The quantitative estimate of drug-likeness (QED) is 0.352. The third-order valence-electron chi connectivity index (χ3n) is 9.49. The third kappa shape index (κ3) is 3.77. The number of phenolic OH excluding ortho intramolecular Hbond substituents is 1. The largest absolute Gasteiger partial charge is 0.508 e. The molecule has 0 radical (unpaired) electrons. The molecule has 9 heteroatoms. The molecule has 4 saturated heterocycles. The highest BCUT2D eigenvalue weighted by atomic mass is 19.1. The molecule has 4 aliphatic heterocycles. The van der Waals surface area contributed by atoms with Crippen molar-refractivity contribution in [2.45, 2.75) is 49.7 Å². The summed E-state index contributed by atoms with van der Waals surface area (Å²) in [4.78, 5) is 18.7. The van der Waals surface area contributed by atoms with Gasteiger partial charge in [-0.15, -0.1) is 6.42 Å². The van der Waals surface area contributed by atoms with E-state index in [4.69, 9.17) is 11.4 Å². The lowest BCUT2D eigenvalue weighted by Crippen LogP contribution is -2.44. The van der Waals surface area contributed by atoms with Crippen molar-refractivity contribution in [1.29, 1.82) is 0 Å². The van der Waals surface area contributed by atoms with Crippen LogP contribution >= 0.6 is 0 Å². The third-order valence-corrected chi connectivity index (χ3v) is 9.49. The van der Waals surface area contributed by atoms with Gasteiger partial charge in [0.2, 0.25) is 5.82 Å². The molecule has 4 aromatic rings. The first-order valence-electron chi connectivity index (χ1n) is 14.5. The Hall–Kier alpha value is -4.31. The molecule has 2 aromatic carbocycles. The number of benzene rings is 2. The van der Waals surface area contributed by atoms with Gasteiger partial charge in [0.15, 0.2) is 5.82 Å². The summed E-state index contributed by atoms with van der Waals surface area (Å²) in [5.74, 6) is 8.61. The molecule has 7 nitrogen and oxygen atoms in total. The fourth-order valence-corrected chi connectivity index (χ4v) is 7.56. The van der Waals surface area contributed by atoms with E-state index in [1.807, 2.05) is 0 Å². The van der Waals surface area contributed by atoms with Crippen LogP contribution in [0.1, 0.15) is 43.5 Å². The molecule has 42 heavy (non-hydrogen) atoms. The van der Waals surface area contributed by atoms with Gasteiger partial charge in [0.25, 0.3) is 0 Å². The van der Waals surface area contributed by atoms with Crippen LogP contribution in [0.25, 0.3) is 32.9 Å². The van der Waals surface area contributed by atoms with Crippen LogP contribution in [-0.2, 0) is 0 Å². The first-order valence-corrected chi connectivity index (χ1v) is 14.5. The zero-order valence-electron chi connectivity index (χ0n) is 22.9. The molecule has 2 N–H and O–H groups in total. The number of terminal acetylenes is 1. The van der Waals surface area contributed by atoms with Gasteiger partial charge in [-0.3, -0.25) is 9.88 Å². The Kier molecular flexibility index (Phi) is 5.66. The standard InChI is InChI=1S/C33H28F2N6O/c1-2-23-26(34)6-5-19-13-22(42)15-24(28(19)23)30-29(35)31-25(17-37-30)32(41-18-20-14-21(41)16-36-20)39-27(38-31)7-10-33-8-3-11-40(33)12-4-9-33/h1,5-6,13,15,17,20-21,36,42H,3-4,8-9,11-12,14,16,18H2/t20-,21-/m1/s1. The number of fused-ring (bicyclic) bond motifs is 5. The van der Waals surface area contributed by atoms with Crippen molar-refractivity contribution in [2.75, 3.05) is 31.1 Å². The summed E-state index contributed by atoms with van der Waals surface area (Å²) >= 11 is 0. The zero-order valence-corrected chi connectivity index (χ0v) is 22.9. The SMILES string of the molecule is C#Cc1c(F)ccc2cc(O)cc(-c3ncc4c(N5C[C@H]6C[C@@H]5CN6)nc(C#CC56CCCN5CCC6)nc4c3F)c12. The Balaban J connectivity index is 1.35. The van der Waals surface area contributed by atoms with Gasteiger partial charge in [-0.1, -0.05) is 17.9 Å². The van der Waals surface area contributed by atoms with Gasteiger partial charge >= 0.3 is 0 Å². The average molecular weight is 563 g/mol. The molecule has 0 saturated carbocycles. The van der Waals surface area contributed by atoms with Crippen LogP contribution in [0.15, 0.2) is 30.5 Å². The lowest BCUT2D eigenvalue weighted by atomic mass is 9.95. The lowest BCUT2D eigenvalue weighted by Gasteiger charge is -2.29. The number of aromatic nitrogens is 3. The topological polar surface area (TPSA) is 77.4 Å². The van der Waals surface area contributed by atoms with Gasteiger partial charge in [-0.25, -0.2) is 18.7 Å². The van der Waals surface area contributed by atoms with E-state index in [0.717, 1.165) is 58.3 Å². The highest BCUT2D eigenvalue weighted by molar-refractivity contribution is 6.03.